The fraction of sp³-hybridized carbons (Fsp3) is 0.235. The van der Waals surface area contributed by atoms with E-state index in [2.05, 4.69) is 10.1 Å². The molecule has 2 heterocycles. The number of rotatable bonds is 5. The van der Waals surface area contributed by atoms with E-state index in [4.69, 9.17) is 4.52 Å². The summed E-state index contributed by atoms with van der Waals surface area (Å²) < 4.78 is 19.1. The number of thiophene rings is 1. The highest BCUT2D eigenvalue weighted by Gasteiger charge is 2.24. The first-order valence-corrected chi connectivity index (χ1v) is 8.36. The Morgan fingerprint density at radius 2 is 2.08 bits per heavy atom. The Morgan fingerprint density at radius 1 is 1.29 bits per heavy atom. The van der Waals surface area contributed by atoms with Gasteiger partial charge in [-0.15, -0.1) is 11.3 Å². The maximum Gasteiger partial charge on any atom is 0.257 e. The molecule has 0 saturated heterocycles. The van der Waals surface area contributed by atoms with Gasteiger partial charge in [0.05, 0.1) is 10.4 Å². The zero-order chi connectivity index (χ0) is 17.1. The van der Waals surface area contributed by atoms with Crippen LogP contribution in [0.25, 0.3) is 10.7 Å². The predicted octanol–water partition coefficient (Wildman–Crippen LogP) is 3.99. The molecule has 1 aromatic carbocycles. The Labute approximate surface area is 142 Å². The zero-order valence-electron chi connectivity index (χ0n) is 13.3. The Hall–Kier alpha value is -2.54. The first-order chi connectivity index (χ1) is 11.6. The molecule has 0 N–H and O–H groups in total. The molecule has 5 nitrogen and oxygen atoms in total. The Balaban J connectivity index is 1.82. The quantitative estimate of drug-likeness (QED) is 0.701. The standard InChI is InChI=1S/C17H16FN3O2S/c1-11(2)21(17(22)12-6-3-4-7-13(12)18)10-15-19-16(20-23-15)14-8-5-9-24-14/h3-9,11H,10H2,1-2H3. The summed E-state index contributed by atoms with van der Waals surface area (Å²) in [6, 6.07) is 9.58. The van der Waals surface area contributed by atoms with Gasteiger partial charge in [0.25, 0.3) is 5.91 Å². The molecule has 0 radical (unpaired) electrons. The summed E-state index contributed by atoms with van der Waals surface area (Å²) in [7, 11) is 0. The van der Waals surface area contributed by atoms with E-state index in [1.165, 1.54) is 28.4 Å². The minimum atomic E-state index is -0.544. The van der Waals surface area contributed by atoms with E-state index in [-0.39, 0.29) is 18.2 Å². The van der Waals surface area contributed by atoms with Gasteiger partial charge >= 0.3 is 0 Å². The van der Waals surface area contributed by atoms with Crippen LogP contribution >= 0.6 is 11.3 Å². The molecular weight excluding hydrogens is 329 g/mol. The van der Waals surface area contributed by atoms with Gasteiger partial charge in [-0.2, -0.15) is 4.98 Å². The molecule has 3 aromatic rings. The van der Waals surface area contributed by atoms with Crippen LogP contribution in [0.5, 0.6) is 0 Å². The molecule has 0 aliphatic rings. The van der Waals surface area contributed by atoms with Gasteiger partial charge in [-0.1, -0.05) is 23.4 Å². The maximum absolute atomic E-state index is 13.9. The van der Waals surface area contributed by atoms with Crippen LogP contribution in [0.1, 0.15) is 30.1 Å². The first kappa shape index (κ1) is 16.3. The van der Waals surface area contributed by atoms with Crippen molar-refractivity contribution in [2.24, 2.45) is 0 Å². The van der Waals surface area contributed by atoms with E-state index in [1.807, 2.05) is 31.4 Å². The van der Waals surface area contributed by atoms with Crippen LogP contribution in [-0.2, 0) is 6.54 Å². The first-order valence-electron chi connectivity index (χ1n) is 7.48. The van der Waals surface area contributed by atoms with Crippen molar-refractivity contribution in [3.05, 3.63) is 59.0 Å². The summed E-state index contributed by atoms with van der Waals surface area (Å²) in [6.45, 7) is 3.84. The minimum absolute atomic E-state index is 0.0317. The molecule has 0 aliphatic carbocycles. The van der Waals surface area contributed by atoms with Crippen molar-refractivity contribution in [1.82, 2.24) is 15.0 Å². The minimum Gasteiger partial charge on any atom is -0.337 e. The summed E-state index contributed by atoms with van der Waals surface area (Å²) in [4.78, 5) is 19.4. The normalized spacial score (nSPS) is 11.0. The van der Waals surface area contributed by atoms with Crippen molar-refractivity contribution in [3.8, 4) is 10.7 Å². The topological polar surface area (TPSA) is 59.2 Å². The van der Waals surface area contributed by atoms with Crippen molar-refractivity contribution < 1.29 is 13.7 Å². The molecule has 0 unspecified atom stereocenters. The zero-order valence-corrected chi connectivity index (χ0v) is 14.1. The maximum atomic E-state index is 13.9. The van der Waals surface area contributed by atoms with Crippen molar-refractivity contribution >= 4 is 17.2 Å². The van der Waals surface area contributed by atoms with Crippen LogP contribution in [0.4, 0.5) is 4.39 Å². The third-order valence-electron chi connectivity index (χ3n) is 3.50. The van der Waals surface area contributed by atoms with Crippen LogP contribution in [0.15, 0.2) is 46.3 Å². The number of carbonyl (C=O) groups excluding carboxylic acids is 1. The fourth-order valence-corrected chi connectivity index (χ4v) is 2.90. The molecule has 2 aromatic heterocycles. The summed E-state index contributed by atoms with van der Waals surface area (Å²) in [5.41, 5.74) is 0.0317. The Bertz CT molecular complexity index is 830. The molecule has 0 fully saturated rings. The average molecular weight is 345 g/mol. The third kappa shape index (κ3) is 3.35. The molecule has 124 valence electrons. The summed E-state index contributed by atoms with van der Waals surface area (Å²) >= 11 is 1.50. The van der Waals surface area contributed by atoms with E-state index in [0.29, 0.717) is 11.7 Å². The number of halogens is 1. The van der Waals surface area contributed by atoms with Gasteiger partial charge in [-0.25, -0.2) is 4.39 Å². The highest BCUT2D eigenvalue weighted by atomic mass is 32.1. The molecule has 24 heavy (non-hydrogen) atoms. The van der Waals surface area contributed by atoms with Crippen molar-refractivity contribution in [1.29, 1.82) is 0 Å². The van der Waals surface area contributed by atoms with E-state index in [9.17, 15) is 9.18 Å². The third-order valence-corrected chi connectivity index (χ3v) is 4.37. The highest BCUT2D eigenvalue weighted by Crippen LogP contribution is 2.22. The number of benzene rings is 1. The molecule has 0 spiro atoms. The Morgan fingerprint density at radius 3 is 2.75 bits per heavy atom. The predicted molar refractivity (Wildman–Crippen MR) is 89.0 cm³/mol. The second kappa shape index (κ2) is 6.92. The molecule has 1 amide bonds. The lowest BCUT2D eigenvalue weighted by molar-refractivity contribution is 0.0662. The largest absolute Gasteiger partial charge is 0.337 e. The Kier molecular flexibility index (Phi) is 4.71. The lowest BCUT2D eigenvalue weighted by Gasteiger charge is -2.25. The van der Waals surface area contributed by atoms with Crippen LogP contribution in [0, 0.1) is 5.82 Å². The van der Waals surface area contributed by atoms with Crippen molar-refractivity contribution in [2.45, 2.75) is 26.4 Å². The molecular formula is C17H16FN3O2S. The van der Waals surface area contributed by atoms with E-state index < -0.39 is 11.7 Å². The second-order valence-corrected chi connectivity index (χ2v) is 6.44. The molecule has 3 rings (SSSR count). The number of hydrogen-bond donors (Lipinski definition) is 0. The molecule has 0 saturated carbocycles. The van der Waals surface area contributed by atoms with Gasteiger partial charge in [0, 0.05) is 6.04 Å². The van der Waals surface area contributed by atoms with E-state index in [1.54, 1.807) is 12.1 Å². The van der Waals surface area contributed by atoms with Crippen LogP contribution in [0.2, 0.25) is 0 Å². The fourth-order valence-electron chi connectivity index (χ4n) is 2.25. The number of hydrogen-bond acceptors (Lipinski definition) is 5. The molecule has 7 heteroatoms. The SMILES string of the molecule is CC(C)N(Cc1nc(-c2cccs2)no1)C(=O)c1ccccc1F. The molecule has 0 aliphatic heterocycles. The van der Waals surface area contributed by atoms with Gasteiger partial charge < -0.3 is 9.42 Å². The summed E-state index contributed by atoms with van der Waals surface area (Å²) in [6.07, 6.45) is 0. The summed E-state index contributed by atoms with van der Waals surface area (Å²) in [5, 5.41) is 5.86. The van der Waals surface area contributed by atoms with Gasteiger partial charge in [0.15, 0.2) is 0 Å². The number of aromatic nitrogens is 2. The van der Waals surface area contributed by atoms with Gasteiger partial charge in [-0.3, -0.25) is 4.79 Å². The van der Waals surface area contributed by atoms with Gasteiger partial charge in [0.1, 0.15) is 12.4 Å². The van der Waals surface area contributed by atoms with Gasteiger partial charge in [0.2, 0.25) is 11.7 Å². The van der Waals surface area contributed by atoms with Crippen molar-refractivity contribution in [3.63, 3.8) is 0 Å². The smallest absolute Gasteiger partial charge is 0.257 e. The monoisotopic (exact) mass is 345 g/mol. The van der Waals surface area contributed by atoms with Crippen LogP contribution in [-0.4, -0.2) is 27.0 Å². The molecule has 0 atom stereocenters. The van der Waals surface area contributed by atoms with Crippen molar-refractivity contribution in [2.75, 3.05) is 0 Å². The van der Waals surface area contributed by atoms with E-state index >= 15 is 0 Å². The number of nitrogens with zero attached hydrogens (tertiary/aromatic N) is 3. The van der Waals surface area contributed by atoms with Crippen LogP contribution in [0.3, 0.4) is 0 Å². The second-order valence-electron chi connectivity index (χ2n) is 5.50. The van der Waals surface area contributed by atoms with Crippen LogP contribution < -0.4 is 0 Å². The lowest BCUT2D eigenvalue weighted by atomic mass is 10.1. The average Bonchev–Trinajstić information content (AvgIpc) is 3.23. The number of amides is 1. The highest BCUT2D eigenvalue weighted by molar-refractivity contribution is 7.13. The van der Waals surface area contributed by atoms with Gasteiger partial charge in [-0.05, 0) is 37.4 Å². The lowest BCUT2D eigenvalue weighted by Crippen LogP contribution is -2.37. The summed E-state index contributed by atoms with van der Waals surface area (Å²) in [5.74, 6) is -0.143. The molecule has 0 bridgehead atoms. The van der Waals surface area contributed by atoms with E-state index in [0.717, 1.165) is 4.88 Å². The number of carbonyl (C=O) groups is 1.